The Labute approximate surface area is 138 Å². The monoisotopic (exact) mass is 324 g/mol. The Hall–Kier alpha value is -2.73. The van der Waals surface area contributed by atoms with Crippen LogP contribution < -0.4 is 15.4 Å². The number of halogens is 1. The number of rotatable bonds is 4. The second-order valence-corrected chi connectivity index (χ2v) is 5.90. The second-order valence-electron chi connectivity index (χ2n) is 5.90. The molecule has 1 aliphatic heterocycles. The highest BCUT2D eigenvalue weighted by molar-refractivity contribution is 5.81. The minimum Gasteiger partial charge on any atom is -0.487 e. The van der Waals surface area contributed by atoms with Gasteiger partial charge < -0.3 is 15.4 Å². The van der Waals surface area contributed by atoms with Crippen LogP contribution in [-0.4, -0.2) is 29.2 Å². The number of nitrogens with zero attached hydrogens (tertiary/aromatic N) is 2. The molecule has 2 N–H and O–H groups in total. The van der Waals surface area contributed by atoms with Crippen LogP contribution in [0, 0.1) is 12.7 Å². The van der Waals surface area contributed by atoms with E-state index in [0.29, 0.717) is 11.6 Å². The summed E-state index contributed by atoms with van der Waals surface area (Å²) in [6.45, 7) is 3.75. The number of nitrogens with one attached hydrogen (secondary N) is 2. The predicted octanol–water partition coefficient (Wildman–Crippen LogP) is 3.17. The maximum absolute atomic E-state index is 13.3. The molecule has 0 amide bonds. The third kappa shape index (κ3) is 3.00. The van der Waals surface area contributed by atoms with Crippen LogP contribution in [0.4, 0.5) is 16.0 Å². The Morgan fingerprint density at radius 1 is 1.25 bits per heavy atom. The van der Waals surface area contributed by atoms with Gasteiger partial charge in [0.05, 0.1) is 5.52 Å². The summed E-state index contributed by atoms with van der Waals surface area (Å²) in [4.78, 5) is 8.81. The van der Waals surface area contributed by atoms with E-state index in [0.717, 1.165) is 35.3 Å². The maximum Gasteiger partial charge on any atom is 0.227 e. The first-order chi connectivity index (χ1) is 11.7. The zero-order valence-electron chi connectivity index (χ0n) is 13.2. The number of anilines is 2. The van der Waals surface area contributed by atoms with E-state index < -0.39 is 0 Å². The summed E-state index contributed by atoms with van der Waals surface area (Å²) < 4.78 is 19.2. The number of ether oxygens (including phenoxy) is 1. The van der Waals surface area contributed by atoms with E-state index in [-0.39, 0.29) is 11.9 Å². The zero-order chi connectivity index (χ0) is 16.5. The molecule has 0 aliphatic carbocycles. The van der Waals surface area contributed by atoms with Gasteiger partial charge in [0.2, 0.25) is 5.95 Å². The molecular weight excluding hydrogens is 307 g/mol. The molecule has 6 heteroatoms. The van der Waals surface area contributed by atoms with Crippen molar-refractivity contribution in [1.29, 1.82) is 0 Å². The number of benzene rings is 2. The SMILES string of the molecule is Cc1cc2cnc(Nc3cccc(F)c3)nc2cc1OC1CNC1. The van der Waals surface area contributed by atoms with Crippen molar-refractivity contribution in [2.75, 3.05) is 18.4 Å². The van der Waals surface area contributed by atoms with Gasteiger partial charge in [-0.1, -0.05) is 6.07 Å². The Kier molecular flexibility index (Phi) is 3.74. The van der Waals surface area contributed by atoms with E-state index >= 15 is 0 Å². The fourth-order valence-electron chi connectivity index (χ4n) is 2.58. The zero-order valence-corrected chi connectivity index (χ0v) is 13.2. The van der Waals surface area contributed by atoms with Crippen molar-refractivity contribution >= 4 is 22.5 Å². The van der Waals surface area contributed by atoms with Crippen LogP contribution >= 0.6 is 0 Å². The fraction of sp³-hybridized carbons (Fsp3) is 0.222. The molecule has 0 spiro atoms. The predicted molar refractivity (Wildman–Crippen MR) is 91.2 cm³/mol. The van der Waals surface area contributed by atoms with Crippen LogP contribution in [0.15, 0.2) is 42.6 Å². The molecule has 0 radical (unpaired) electrons. The topological polar surface area (TPSA) is 59.1 Å². The quantitative estimate of drug-likeness (QED) is 0.772. The molecule has 0 bridgehead atoms. The van der Waals surface area contributed by atoms with Gasteiger partial charge in [0.15, 0.2) is 0 Å². The van der Waals surface area contributed by atoms with E-state index in [9.17, 15) is 4.39 Å². The highest BCUT2D eigenvalue weighted by Crippen LogP contribution is 2.26. The lowest BCUT2D eigenvalue weighted by molar-refractivity contribution is 0.141. The highest BCUT2D eigenvalue weighted by atomic mass is 19.1. The van der Waals surface area contributed by atoms with Gasteiger partial charge >= 0.3 is 0 Å². The van der Waals surface area contributed by atoms with Crippen molar-refractivity contribution in [3.8, 4) is 5.75 Å². The summed E-state index contributed by atoms with van der Waals surface area (Å²) in [5, 5.41) is 7.15. The molecule has 0 unspecified atom stereocenters. The third-order valence-corrected chi connectivity index (χ3v) is 3.99. The molecule has 2 aromatic carbocycles. The molecule has 1 fully saturated rings. The van der Waals surface area contributed by atoms with Gasteiger partial charge in [-0.25, -0.2) is 14.4 Å². The molecule has 0 atom stereocenters. The Morgan fingerprint density at radius 2 is 2.12 bits per heavy atom. The largest absolute Gasteiger partial charge is 0.487 e. The number of aromatic nitrogens is 2. The van der Waals surface area contributed by atoms with Crippen LogP contribution in [0.3, 0.4) is 0 Å². The van der Waals surface area contributed by atoms with Crippen molar-refractivity contribution in [2.45, 2.75) is 13.0 Å². The van der Waals surface area contributed by atoms with E-state index in [2.05, 4.69) is 20.6 Å². The van der Waals surface area contributed by atoms with E-state index in [1.54, 1.807) is 18.3 Å². The first-order valence-electron chi connectivity index (χ1n) is 7.85. The van der Waals surface area contributed by atoms with Crippen LogP contribution in [0.5, 0.6) is 5.75 Å². The minimum absolute atomic E-state index is 0.216. The maximum atomic E-state index is 13.3. The lowest BCUT2D eigenvalue weighted by Crippen LogP contribution is -2.50. The molecule has 122 valence electrons. The van der Waals surface area contributed by atoms with E-state index in [4.69, 9.17) is 4.74 Å². The number of hydrogen-bond donors (Lipinski definition) is 2. The van der Waals surface area contributed by atoms with Gasteiger partial charge in [-0.05, 0) is 36.8 Å². The first-order valence-corrected chi connectivity index (χ1v) is 7.85. The summed E-state index contributed by atoms with van der Waals surface area (Å²) >= 11 is 0. The summed E-state index contributed by atoms with van der Waals surface area (Å²) in [7, 11) is 0. The summed E-state index contributed by atoms with van der Waals surface area (Å²) in [5.41, 5.74) is 2.46. The van der Waals surface area contributed by atoms with Crippen LogP contribution in [0.2, 0.25) is 0 Å². The van der Waals surface area contributed by atoms with Crippen molar-refractivity contribution in [1.82, 2.24) is 15.3 Å². The smallest absolute Gasteiger partial charge is 0.227 e. The third-order valence-electron chi connectivity index (χ3n) is 3.99. The highest BCUT2D eigenvalue weighted by Gasteiger charge is 2.19. The normalized spacial score (nSPS) is 14.4. The molecule has 2 heterocycles. The molecule has 3 aromatic rings. The second kappa shape index (κ2) is 6.05. The molecule has 1 aromatic heterocycles. The van der Waals surface area contributed by atoms with Crippen LogP contribution in [0.1, 0.15) is 5.56 Å². The Morgan fingerprint density at radius 3 is 2.88 bits per heavy atom. The van der Waals surface area contributed by atoms with Crippen molar-refractivity contribution in [2.24, 2.45) is 0 Å². The summed E-state index contributed by atoms with van der Waals surface area (Å²) in [6.07, 6.45) is 1.97. The van der Waals surface area contributed by atoms with Crippen molar-refractivity contribution in [3.05, 3.63) is 54.0 Å². The summed E-state index contributed by atoms with van der Waals surface area (Å²) in [6, 6.07) is 10.2. The van der Waals surface area contributed by atoms with Crippen LogP contribution in [0.25, 0.3) is 10.9 Å². The number of aryl methyl sites for hydroxylation is 1. The standard InChI is InChI=1S/C18H17FN4O/c1-11-5-12-8-21-18(22-14-4-2-3-13(19)6-14)23-16(12)7-17(11)24-15-9-20-10-15/h2-8,15,20H,9-10H2,1H3,(H,21,22,23). The van der Waals surface area contributed by atoms with Gasteiger partial charge in [-0.3, -0.25) is 0 Å². The van der Waals surface area contributed by atoms with Gasteiger partial charge in [0, 0.05) is 36.4 Å². The van der Waals surface area contributed by atoms with Gasteiger partial charge in [0.1, 0.15) is 17.7 Å². The average molecular weight is 324 g/mol. The van der Waals surface area contributed by atoms with E-state index in [1.165, 1.54) is 12.1 Å². The molecule has 1 aliphatic rings. The van der Waals surface area contributed by atoms with Crippen molar-refractivity contribution < 1.29 is 9.13 Å². The number of fused-ring (bicyclic) bond motifs is 1. The van der Waals surface area contributed by atoms with E-state index in [1.807, 2.05) is 19.1 Å². The molecule has 24 heavy (non-hydrogen) atoms. The first kappa shape index (κ1) is 14.8. The molecule has 1 saturated heterocycles. The van der Waals surface area contributed by atoms with Crippen LogP contribution in [-0.2, 0) is 0 Å². The van der Waals surface area contributed by atoms with Gasteiger partial charge in [-0.15, -0.1) is 0 Å². The Balaban J connectivity index is 1.64. The molecule has 4 rings (SSSR count). The lowest BCUT2D eigenvalue weighted by Gasteiger charge is -2.28. The molecule has 0 saturated carbocycles. The fourth-order valence-corrected chi connectivity index (χ4v) is 2.58. The summed E-state index contributed by atoms with van der Waals surface area (Å²) in [5.74, 6) is 0.957. The average Bonchev–Trinajstić information content (AvgIpc) is 2.51. The van der Waals surface area contributed by atoms with Gasteiger partial charge in [0.25, 0.3) is 0 Å². The lowest BCUT2D eigenvalue weighted by atomic mass is 10.1. The Bertz CT molecular complexity index is 895. The van der Waals surface area contributed by atoms with Crippen molar-refractivity contribution in [3.63, 3.8) is 0 Å². The molecular formula is C18H17FN4O. The number of hydrogen-bond acceptors (Lipinski definition) is 5. The minimum atomic E-state index is -0.304. The molecule has 5 nitrogen and oxygen atoms in total. The van der Waals surface area contributed by atoms with Gasteiger partial charge in [-0.2, -0.15) is 0 Å².